The zero-order chi connectivity index (χ0) is 20.8. The number of amides is 1. The molecule has 1 aromatic heterocycles. The number of rotatable bonds is 3. The topological polar surface area (TPSA) is 75.9 Å². The molecule has 2 aliphatic heterocycles. The number of carbonyl (C=O) groups excluding carboxylic acids is 1. The van der Waals surface area contributed by atoms with Crippen LogP contribution in [0, 0.1) is 5.82 Å². The van der Waals surface area contributed by atoms with Gasteiger partial charge in [0.15, 0.2) is 4.80 Å². The molecular formula is C21H17FN4O3S. The average molecular weight is 424 g/mol. The number of thiazole rings is 1. The Hall–Kier alpha value is -3.46. The van der Waals surface area contributed by atoms with E-state index in [1.54, 1.807) is 30.3 Å². The second-order valence-corrected chi connectivity index (χ2v) is 7.85. The van der Waals surface area contributed by atoms with Crippen molar-refractivity contribution in [3.63, 3.8) is 0 Å². The smallest absolute Gasteiger partial charge is 0.272 e. The zero-order valence-corrected chi connectivity index (χ0v) is 16.8. The highest BCUT2D eigenvalue weighted by atomic mass is 32.1. The number of hydrogen-bond donors (Lipinski definition) is 1. The van der Waals surface area contributed by atoms with Crippen molar-refractivity contribution in [2.75, 3.05) is 23.5 Å². The second kappa shape index (κ2) is 7.10. The molecule has 2 aliphatic rings. The van der Waals surface area contributed by atoms with E-state index in [4.69, 9.17) is 4.74 Å². The standard InChI is InChI=1S/C21H17FN4O3S/c1-2-29-14-7-8-16-15(9-14)17(19(27)24-16)18-20(28)26-11-25(10-23-21(26)30-18)13-5-3-12(22)4-6-13/h3-9H,2,10-11H2,1H3,(H,24,27). The van der Waals surface area contributed by atoms with Gasteiger partial charge < -0.3 is 15.0 Å². The molecule has 0 spiro atoms. The molecule has 0 aliphatic carbocycles. The van der Waals surface area contributed by atoms with Gasteiger partial charge in [-0.1, -0.05) is 11.3 Å². The van der Waals surface area contributed by atoms with Gasteiger partial charge in [-0.25, -0.2) is 9.38 Å². The first-order valence-corrected chi connectivity index (χ1v) is 10.2. The van der Waals surface area contributed by atoms with Crippen molar-refractivity contribution < 1.29 is 13.9 Å². The third-order valence-electron chi connectivity index (χ3n) is 5.02. The molecule has 0 unspecified atom stereocenters. The number of fused-ring (bicyclic) bond motifs is 2. The van der Waals surface area contributed by atoms with E-state index in [0.717, 1.165) is 5.69 Å². The van der Waals surface area contributed by atoms with Gasteiger partial charge in [0.25, 0.3) is 11.5 Å². The summed E-state index contributed by atoms with van der Waals surface area (Å²) in [6, 6.07) is 11.4. The lowest BCUT2D eigenvalue weighted by atomic mass is 10.1. The molecule has 5 rings (SSSR count). The molecule has 0 bridgehead atoms. The lowest BCUT2D eigenvalue weighted by Gasteiger charge is -2.25. The molecule has 3 aromatic rings. The zero-order valence-electron chi connectivity index (χ0n) is 16.0. The molecule has 0 fully saturated rings. The first-order valence-electron chi connectivity index (χ1n) is 9.42. The lowest BCUT2D eigenvalue weighted by Crippen LogP contribution is -2.43. The maximum atomic E-state index is 13.2. The molecule has 0 radical (unpaired) electrons. The van der Waals surface area contributed by atoms with Crippen molar-refractivity contribution in [1.82, 2.24) is 4.57 Å². The summed E-state index contributed by atoms with van der Waals surface area (Å²) < 4.78 is 20.7. The Morgan fingerprint density at radius 3 is 2.77 bits per heavy atom. The third-order valence-corrected chi connectivity index (χ3v) is 6.13. The van der Waals surface area contributed by atoms with Gasteiger partial charge in [0.2, 0.25) is 0 Å². The summed E-state index contributed by atoms with van der Waals surface area (Å²) in [5.74, 6) is 0.00119. The van der Waals surface area contributed by atoms with Crippen LogP contribution in [0.5, 0.6) is 5.75 Å². The summed E-state index contributed by atoms with van der Waals surface area (Å²) >= 11 is 1.20. The molecule has 9 heteroatoms. The van der Waals surface area contributed by atoms with E-state index >= 15 is 0 Å². The van der Waals surface area contributed by atoms with Gasteiger partial charge in [-0.15, -0.1) is 0 Å². The minimum absolute atomic E-state index is 0.273. The van der Waals surface area contributed by atoms with E-state index in [1.807, 2.05) is 11.8 Å². The molecule has 0 atom stereocenters. The van der Waals surface area contributed by atoms with Crippen molar-refractivity contribution >= 4 is 34.2 Å². The molecule has 30 heavy (non-hydrogen) atoms. The first-order chi connectivity index (χ1) is 14.5. The Morgan fingerprint density at radius 1 is 1.20 bits per heavy atom. The monoisotopic (exact) mass is 424 g/mol. The van der Waals surface area contributed by atoms with E-state index in [9.17, 15) is 14.0 Å². The van der Waals surface area contributed by atoms with E-state index in [-0.39, 0.29) is 24.0 Å². The van der Waals surface area contributed by atoms with E-state index in [0.29, 0.717) is 45.2 Å². The van der Waals surface area contributed by atoms with Gasteiger partial charge in [-0.05, 0) is 49.4 Å². The molecule has 152 valence electrons. The Morgan fingerprint density at radius 2 is 2.00 bits per heavy atom. The number of halogens is 1. The number of ether oxygens (including phenoxy) is 1. The number of benzene rings is 2. The number of aromatic nitrogens is 1. The van der Waals surface area contributed by atoms with Gasteiger partial charge >= 0.3 is 0 Å². The number of hydrogen-bond acceptors (Lipinski definition) is 6. The van der Waals surface area contributed by atoms with Gasteiger partial charge in [-0.2, -0.15) is 0 Å². The summed E-state index contributed by atoms with van der Waals surface area (Å²) in [4.78, 5) is 32.8. The molecule has 7 nitrogen and oxygen atoms in total. The number of nitrogens with zero attached hydrogens (tertiary/aromatic N) is 3. The fourth-order valence-electron chi connectivity index (χ4n) is 3.60. The highest BCUT2D eigenvalue weighted by Gasteiger charge is 2.28. The highest BCUT2D eigenvalue weighted by molar-refractivity contribution is 7.07. The summed E-state index contributed by atoms with van der Waals surface area (Å²) in [5.41, 5.74) is 2.14. The van der Waals surface area contributed by atoms with Crippen molar-refractivity contribution in [2.45, 2.75) is 13.6 Å². The Kier molecular flexibility index (Phi) is 4.39. The van der Waals surface area contributed by atoms with Crippen molar-refractivity contribution in [2.24, 2.45) is 4.99 Å². The molecule has 2 aromatic carbocycles. The molecule has 1 N–H and O–H groups in total. The van der Waals surface area contributed by atoms with Gasteiger partial charge in [0.05, 0.1) is 12.2 Å². The Bertz CT molecular complexity index is 1340. The predicted molar refractivity (Wildman–Crippen MR) is 112 cm³/mol. The molecule has 1 amide bonds. The van der Waals surface area contributed by atoms with Crippen LogP contribution >= 0.6 is 11.3 Å². The van der Waals surface area contributed by atoms with Gasteiger partial charge in [-0.3, -0.25) is 14.2 Å². The summed E-state index contributed by atoms with van der Waals surface area (Å²) in [7, 11) is 0. The minimum atomic E-state index is -0.322. The highest BCUT2D eigenvalue weighted by Crippen LogP contribution is 2.33. The molecule has 3 heterocycles. The van der Waals surface area contributed by atoms with Crippen LogP contribution < -0.4 is 29.8 Å². The third kappa shape index (κ3) is 2.98. The molecule has 0 saturated heterocycles. The van der Waals surface area contributed by atoms with E-state index < -0.39 is 0 Å². The number of nitrogens with one attached hydrogen (secondary N) is 1. The van der Waals surface area contributed by atoms with Crippen molar-refractivity contribution in [3.8, 4) is 5.75 Å². The quantitative estimate of drug-likeness (QED) is 0.694. The Labute approximate surface area is 174 Å². The summed E-state index contributed by atoms with van der Waals surface area (Å²) in [6.45, 7) is 3.01. The maximum absolute atomic E-state index is 13.2. The largest absolute Gasteiger partial charge is 0.494 e. The van der Waals surface area contributed by atoms with Crippen molar-refractivity contribution in [1.29, 1.82) is 0 Å². The number of carbonyl (C=O) groups is 1. The van der Waals surface area contributed by atoms with Gasteiger partial charge in [0.1, 0.15) is 29.4 Å². The fourth-order valence-corrected chi connectivity index (χ4v) is 4.66. The second-order valence-electron chi connectivity index (χ2n) is 6.87. The van der Waals surface area contributed by atoms with Crippen LogP contribution in [0.2, 0.25) is 0 Å². The van der Waals surface area contributed by atoms with Crippen LogP contribution in [0.4, 0.5) is 15.8 Å². The van der Waals surface area contributed by atoms with Gasteiger partial charge in [0, 0.05) is 16.9 Å². The average Bonchev–Trinajstić information content (AvgIpc) is 3.24. The van der Waals surface area contributed by atoms with E-state index in [2.05, 4.69) is 10.3 Å². The van der Waals surface area contributed by atoms with Crippen LogP contribution in [0.1, 0.15) is 12.5 Å². The normalized spacial score (nSPS) is 16.6. The number of anilines is 2. The van der Waals surface area contributed by atoms with Crippen LogP contribution in [0.3, 0.4) is 0 Å². The molecular weight excluding hydrogens is 407 g/mol. The SMILES string of the molecule is CCOc1ccc2c(c1)C(=c1sc3n(c1=O)CN(c1ccc(F)cc1)CN=3)C(=O)N2. The Balaban J connectivity index is 1.62. The summed E-state index contributed by atoms with van der Waals surface area (Å²) in [6.07, 6.45) is 0. The minimum Gasteiger partial charge on any atom is -0.494 e. The summed E-state index contributed by atoms with van der Waals surface area (Å²) in [5, 5.41) is 2.81. The van der Waals surface area contributed by atoms with Crippen LogP contribution in [-0.4, -0.2) is 23.7 Å². The maximum Gasteiger partial charge on any atom is 0.272 e. The predicted octanol–water partition coefficient (Wildman–Crippen LogP) is 1.65. The first kappa shape index (κ1) is 18.6. The van der Waals surface area contributed by atoms with Crippen LogP contribution in [-0.2, 0) is 11.5 Å². The fraction of sp³-hybridized carbons (Fsp3) is 0.190. The van der Waals surface area contributed by atoms with Crippen LogP contribution in [0.25, 0.3) is 5.57 Å². The lowest BCUT2D eigenvalue weighted by molar-refractivity contribution is -0.110. The van der Waals surface area contributed by atoms with Crippen LogP contribution in [0.15, 0.2) is 52.3 Å². The molecule has 0 saturated carbocycles. The van der Waals surface area contributed by atoms with Crippen molar-refractivity contribution in [3.05, 3.63) is 73.5 Å². The van der Waals surface area contributed by atoms with E-state index in [1.165, 1.54) is 28.0 Å².